The van der Waals surface area contributed by atoms with E-state index in [0.29, 0.717) is 5.88 Å². The maximum absolute atomic E-state index is 5.95. The largest absolute Gasteiger partial charge is 0.122 e. The Balaban J connectivity index is 2.43. The fraction of sp³-hybridized carbons (Fsp3) is 0.125. The summed E-state index contributed by atoms with van der Waals surface area (Å²) in [5.74, 6) is 0.670. The standard InChI is InChI=1S/C16H15Cl/c1-13(12-17)16(14-8-4-2-5-9-14)15-10-6-3-7-11-15/h2-11,16H,1,12H2. The molecule has 0 aliphatic carbocycles. The Bertz CT molecular complexity index is 434. The van der Waals surface area contributed by atoms with E-state index in [-0.39, 0.29) is 5.92 Å². The molecule has 17 heavy (non-hydrogen) atoms. The van der Waals surface area contributed by atoms with Crippen LogP contribution in [0.2, 0.25) is 0 Å². The molecule has 0 N–H and O–H groups in total. The quantitative estimate of drug-likeness (QED) is 0.542. The third-order valence-electron chi connectivity index (χ3n) is 2.85. The van der Waals surface area contributed by atoms with E-state index < -0.39 is 0 Å². The lowest BCUT2D eigenvalue weighted by Crippen LogP contribution is -2.04. The third kappa shape index (κ3) is 2.78. The molecule has 0 amide bonds. The number of hydrogen-bond donors (Lipinski definition) is 0. The van der Waals surface area contributed by atoms with Crippen molar-refractivity contribution < 1.29 is 0 Å². The van der Waals surface area contributed by atoms with Gasteiger partial charge in [0.25, 0.3) is 0 Å². The van der Waals surface area contributed by atoms with Crippen LogP contribution in [-0.2, 0) is 0 Å². The Hall–Kier alpha value is -1.53. The highest BCUT2D eigenvalue weighted by atomic mass is 35.5. The lowest BCUT2D eigenvalue weighted by Gasteiger charge is -2.19. The van der Waals surface area contributed by atoms with E-state index in [1.165, 1.54) is 11.1 Å². The van der Waals surface area contributed by atoms with Crippen LogP contribution in [-0.4, -0.2) is 5.88 Å². The second kappa shape index (κ2) is 5.70. The van der Waals surface area contributed by atoms with E-state index in [1.54, 1.807) is 0 Å². The molecule has 0 saturated heterocycles. The highest BCUT2D eigenvalue weighted by molar-refractivity contribution is 6.19. The van der Waals surface area contributed by atoms with Crippen LogP contribution in [0.25, 0.3) is 0 Å². The van der Waals surface area contributed by atoms with Crippen molar-refractivity contribution in [1.29, 1.82) is 0 Å². The van der Waals surface area contributed by atoms with Crippen molar-refractivity contribution in [1.82, 2.24) is 0 Å². The fourth-order valence-electron chi connectivity index (χ4n) is 2.03. The number of halogens is 1. The highest BCUT2D eigenvalue weighted by Crippen LogP contribution is 2.31. The van der Waals surface area contributed by atoms with Crippen molar-refractivity contribution >= 4 is 11.6 Å². The topological polar surface area (TPSA) is 0 Å². The zero-order chi connectivity index (χ0) is 12.1. The smallest absolute Gasteiger partial charge is 0.0440 e. The summed E-state index contributed by atoms with van der Waals surface area (Å²) in [4.78, 5) is 0. The van der Waals surface area contributed by atoms with Crippen LogP contribution in [0, 0.1) is 0 Å². The molecule has 0 bridgehead atoms. The molecule has 2 aromatic carbocycles. The van der Waals surface area contributed by atoms with Crippen LogP contribution in [0.4, 0.5) is 0 Å². The van der Waals surface area contributed by atoms with Gasteiger partial charge in [0.2, 0.25) is 0 Å². The molecule has 0 aliphatic rings. The molecule has 0 atom stereocenters. The molecule has 0 spiro atoms. The van der Waals surface area contributed by atoms with Crippen LogP contribution in [0.15, 0.2) is 72.8 Å². The van der Waals surface area contributed by atoms with E-state index >= 15 is 0 Å². The average Bonchev–Trinajstić information content (AvgIpc) is 2.41. The minimum Gasteiger partial charge on any atom is -0.122 e. The zero-order valence-electron chi connectivity index (χ0n) is 9.64. The lowest BCUT2D eigenvalue weighted by atomic mass is 9.86. The normalized spacial score (nSPS) is 10.5. The number of rotatable bonds is 4. The second-order valence-electron chi connectivity index (χ2n) is 4.05. The first-order valence-electron chi connectivity index (χ1n) is 5.66. The molecule has 2 rings (SSSR count). The first-order valence-corrected chi connectivity index (χ1v) is 6.20. The Morgan fingerprint density at radius 2 is 1.29 bits per heavy atom. The van der Waals surface area contributed by atoms with E-state index in [9.17, 15) is 0 Å². The number of benzene rings is 2. The zero-order valence-corrected chi connectivity index (χ0v) is 10.4. The summed E-state index contributed by atoms with van der Waals surface area (Å²) in [6.45, 7) is 4.09. The lowest BCUT2D eigenvalue weighted by molar-refractivity contribution is 0.955. The summed E-state index contributed by atoms with van der Waals surface area (Å²) in [5.41, 5.74) is 3.51. The second-order valence-corrected chi connectivity index (χ2v) is 4.31. The van der Waals surface area contributed by atoms with Crippen molar-refractivity contribution in [2.24, 2.45) is 0 Å². The molecule has 0 fully saturated rings. The van der Waals surface area contributed by atoms with Gasteiger partial charge in [-0.1, -0.05) is 72.8 Å². The summed E-state index contributed by atoms with van der Waals surface area (Å²) >= 11 is 5.95. The predicted molar refractivity (Wildman–Crippen MR) is 74.6 cm³/mol. The van der Waals surface area contributed by atoms with Gasteiger partial charge in [-0.05, 0) is 11.1 Å². The van der Waals surface area contributed by atoms with Gasteiger partial charge in [-0.15, -0.1) is 11.6 Å². The summed E-state index contributed by atoms with van der Waals surface area (Å²) < 4.78 is 0. The summed E-state index contributed by atoms with van der Waals surface area (Å²) in [6.07, 6.45) is 0. The summed E-state index contributed by atoms with van der Waals surface area (Å²) in [6, 6.07) is 20.7. The molecular weight excluding hydrogens is 228 g/mol. The molecule has 0 unspecified atom stereocenters. The van der Waals surface area contributed by atoms with Crippen LogP contribution >= 0.6 is 11.6 Å². The molecule has 0 radical (unpaired) electrons. The van der Waals surface area contributed by atoms with Gasteiger partial charge in [-0.2, -0.15) is 0 Å². The molecule has 0 nitrogen and oxygen atoms in total. The van der Waals surface area contributed by atoms with Gasteiger partial charge < -0.3 is 0 Å². The van der Waals surface area contributed by atoms with Crippen LogP contribution in [0.3, 0.4) is 0 Å². The highest BCUT2D eigenvalue weighted by Gasteiger charge is 2.16. The van der Waals surface area contributed by atoms with Gasteiger partial charge in [-0.25, -0.2) is 0 Å². The Morgan fingerprint density at radius 3 is 1.65 bits per heavy atom. The first kappa shape index (κ1) is 11.9. The van der Waals surface area contributed by atoms with Crippen molar-refractivity contribution in [2.45, 2.75) is 5.92 Å². The van der Waals surface area contributed by atoms with Crippen molar-refractivity contribution in [3.63, 3.8) is 0 Å². The van der Waals surface area contributed by atoms with Gasteiger partial charge in [0.05, 0.1) is 0 Å². The monoisotopic (exact) mass is 242 g/mol. The minimum atomic E-state index is 0.190. The minimum absolute atomic E-state index is 0.190. The number of hydrogen-bond acceptors (Lipinski definition) is 0. The Kier molecular flexibility index (Phi) is 4.00. The molecule has 0 aromatic heterocycles. The van der Waals surface area contributed by atoms with Gasteiger partial charge >= 0.3 is 0 Å². The average molecular weight is 243 g/mol. The molecule has 0 aliphatic heterocycles. The van der Waals surface area contributed by atoms with Gasteiger partial charge in [0.15, 0.2) is 0 Å². The fourth-order valence-corrected chi connectivity index (χ4v) is 2.19. The Labute approximate surface area is 108 Å². The summed E-state index contributed by atoms with van der Waals surface area (Å²) in [7, 11) is 0. The van der Waals surface area contributed by atoms with Crippen LogP contribution in [0.5, 0.6) is 0 Å². The SMILES string of the molecule is C=C(CCl)C(c1ccccc1)c1ccccc1. The van der Waals surface area contributed by atoms with E-state index in [1.807, 2.05) is 36.4 Å². The Morgan fingerprint density at radius 1 is 0.882 bits per heavy atom. The molecule has 86 valence electrons. The van der Waals surface area contributed by atoms with Gasteiger partial charge in [0, 0.05) is 11.8 Å². The van der Waals surface area contributed by atoms with Crippen molar-refractivity contribution in [3.8, 4) is 0 Å². The van der Waals surface area contributed by atoms with E-state index in [4.69, 9.17) is 11.6 Å². The molecule has 0 saturated carbocycles. The molecule has 0 heterocycles. The van der Waals surface area contributed by atoms with Crippen LogP contribution < -0.4 is 0 Å². The van der Waals surface area contributed by atoms with E-state index in [2.05, 4.69) is 30.8 Å². The molecular formula is C16H15Cl. The maximum Gasteiger partial charge on any atom is 0.0440 e. The van der Waals surface area contributed by atoms with Crippen molar-refractivity contribution in [3.05, 3.63) is 83.9 Å². The van der Waals surface area contributed by atoms with Gasteiger partial charge in [0.1, 0.15) is 0 Å². The summed E-state index contributed by atoms with van der Waals surface area (Å²) in [5, 5.41) is 0. The molecule has 1 heteroatoms. The first-order chi connectivity index (χ1) is 8.33. The van der Waals surface area contributed by atoms with Gasteiger partial charge in [-0.3, -0.25) is 0 Å². The van der Waals surface area contributed by atoms with Crippen LogP contribution in [0.1, 0.15) is 17.0 Å². The number of alkyl halides is 1. The third-order valence-corrected chi connectivity index (χ3v) is 3.19. The predicted octanol–water partition coefficient (Wildman–Crippen LogP) is 4.61. The van der Waals surface area contributed by atoms with Crippen molar-refractivity contribution in [2.75, 3.05) is 5.88 Å². The van der Waals surface area contributed by atoms with E-state index in [0.717, 1.165) is 5.57 Å². The maximum atomic E-state index is 5.95. The molecule has 2 aromatic rings. The number of allylic oxidation sites excluding steroid dienone is 1.